The Morgan fingerprint density at radius 3 is 2.81 bits per heavy atom. The first-order valence-corrected chi connectivity index (χ1v) is 6.97. The van der Waals surface area contributed by atoms with E-state index in [9.17, 15) is 13.6 Å². The Bertz CT molecular complexity index is 453. The van der Waals surface area contributed by atoms with Crippen LogP contribution < -0.4 is 15.8 Å². The lowest BCUT2D eigenvalue weighted by Gasteiger charge is -2.14. The van der Waals surface area contributed by atoms with Gasteiger partial charge >= 0.3 is 0 Å². The van der Waals surface area contributed by atoms with Crippen molar-refractivity contribution in [2.24, 2.45) is 5.73 Å². The van der Waals surface area contributed by atoms with Crippen LogP contribution >= 0.6 is 0 Å². The van der Waals surface area contributed by atoms with Gasteiger partial charge in [0.2, 0.25) is 5.91 Å². The van der Waals surface area contributed by atoms with E-state index in [1.807, 2.05) is 31.2 Å². The normalized spacial score (nSPS) is 11.2. The second kappa shape index (κ2) is 8.56. The molecule has 1 amide bonds. The minimum Gasteiger partial charge on any atom is -0.494 e. The number of nitrogens with two attached hydrogens (primary N) is 1. The zero-order valence-corrected chi connectivity index (χ0v) is 12.2. The molecule has 118 valence electrons. The molecule has 0 radical (unpaired) electrons. The van der Waals surface area contributed by atoms with Gasteiger partial charge < -0.3 is 15.8 Å². The van der Waals surface area contributed by atoms with Gasteiger partial charge in [0.1, 0.15) is 5.75 Å². The fourth-order valence-electron chi connectivity index (χ4n) is 1.67. The number of hydrogen-bond acceptors (Lipinski definition) is 3. The second-order valence-electron chi connectivity index (χ2n) is 4.96. The van der Waals surface area contributed by atoms with Crippen molar-refractivity contribution in [2.45, 2.75) is 32.1 Å². The zero-order valence-electron chi connectivity index (χ0n) is 12.2. The van der Waals surface area contributed by atoms with E-state index in [2.05, 4.69) is 5.32 Å². The van der Waals surface area contributed by atoms with Gasteiger partial charge in [-0.1, -0.05) is 12.1 Å². The molecule has 0 saturated heterocycles. The van der Waals surface area contributed by atoms with Crippen molar-refractivity contribution >= 4 is 5.91 Å². The van der Waals surface area contributed by atoms with Crippen molar-refractivity contribution in [1.29, 1.82) is 0 Å². The molecular weight excluding hydrogens is 278 g/mol. The topological polar surface area (TPSA) is 64.3 Å². The first-order chi connectivity index (χ1) is 9.93. The summed E-state index contributed by atoms with van der Waals surface area (Å²) in [4.78, 5) is 11.4. The predicted molar refractivity (Wildman–Crippen MR) is 77.5 cm³/mol. The van der Waals surface area contributed by atoms with E-state index >= 15 is 0 Å². The number of ether oxygens (including phenoxy) is 1. The van der Waals surface area contributed by atoms with Crippen LogP contribution in [-0.2, 0) is 4.79 Å². The number of unbranched alkanes of at least 4 members (excludes halogenated alkanes) is 1. The summed E-state index contributed by atoms with van der Waals surface area (Å²) in [5.74, 6) is -2.63. The maximum Gasteiger partial charge on any atom is 0.277 e. The minimum atomic E-state index is -3.04. The number of benzene rings is 1. The van der Waals surface area contributed by atoms with Gasteiger partial charge in [-0.3, -0.25) is 4.79 Å². The second-order valence-corrected chi connectivity index (χ2v) is 4.96. The average molecular weight is 300 g/mol. The zero-order chi connectivity index (χ0) is 15.7. The summed E-state index contributed by atoms with van der Waals surface area (Å²) in [6.07, 6.45) is 1.48. The molecule has 0 unspecified atom stereocenters. The van der Waals surface area contributed by atoms with Gasteiger partial charge in [-0.05, 0) is 37.5 Å². The van der Waals surface area contributed by atoms with Crippen LogP contribution in [0.5, 0.6) is 5.75 Å². The third kappa shape index (κ3) is 7.60. The smallest absolute Gasteiger partial charge is 0.277 e. The van der Waals surface area contributed by atoms with Crippen molar-refractivity contribution < 1.29 is 18.3 Å². The van der Waals surface area contributed by atoms with Crippen LogP contribution in [0.4, 0.5) is 8.78 Å². The molecule has 1 aromatic rings. The Balaban J connectivity index is 2.10. The van der Waals surface area contributed by atoms with Crippen molar-refractivity contribution in [2.75, 3.05) is 19.7 Å². The Morgan fingerprint density at radius 2 is 2.14 bits per heavy atom. The third-order valence-corrected chi connectivity index (χ3v) is 2.90. The van der Waals surface area contributed by atoms with Crippen LogP contribution in [0, 0.1) is 6.92 Å². The number of amides is 1. The molecule has 1 rings (SSSR count). The SMILES string of the molecule is Cc1cccc(OCCCCC(=O)NCC(F)(F)CN)c1. The van der Waals surface area contributed by atoms with Gasteiger partial charge in [0.25, 0.3) is 5.92 Å². The number of halogens is 2. The number of carbonyl (C=O) groups excluding carboxylic acids is 1. The average Bonchev–Trinajstić information content (AvgIpc) is 2.45. The Labute approximate surface area is 123 Å². The highest BCUT2D eigenvalue weighted by Crippen LogP contribution is 2.13. The maximum atomic E-state index is 12.8. The van der Waals surface area contributed by atoms with Gasteiger partial charge in [0.15, 0.2) is 0 Å². The molecule has 0 bridgehead atoms. The van der Waals surface area contributed by atoms with Crippen LogP contribution in [0.15, 0.2) is 24.3 Å². The molecule has 21 heavy (non-hydrogen) atoms. The summed E-state index contributed by atoms with van der Waals surface area (Å²) in [6.45, 7) is 1.00. The van der Waals surface area contributed by atoms with Crippen molar-refractivity contribution in [3.63, 3.8) is 0 Å². The molecule has 0 aromatic heterocycles. The van der Waals surface area contributed by atoms with Crippen molar-refractivity contribution in [1.82, 2.24) is 5.32 Å². The monoisotopic (exact) mass is 300 g/mol. The number of aryl methyl sites for hydroxylation is 1. The predicted octanol–water partition coefficient (Wildman–Crippen LogP) is 2.25. The third-order valence-electron chi connectivity index (χ3n) is 2.90. The van der Waals surface area contributed by atoms with Gasteiger partial charge in [-0.15, -0.1) is 0 Å². The highest BCUT2D eigenvalue weighted by atomic mass is 19.3. The standard InChI is InChI=1S/C15H22F2N2O2/c1-12-5-4-6-13(9-12)21-8-3-2-7-14(20)19-11-15(16,17)10-18/h4-6,9H,2-3,7-8,10-11,18H2,1H3,(H,19,20). The molecule has 0 aliphatic carbocycles. The molecule has 0 aliphatic heterocycles. The number of hydrogen-bond donors (Lipinski definition) is 2. The molecule has 1 aromatic carbocycles. The Hall–Kier alpha value is -1.69. The lowest BCUT2D eigenvalue weighted by Crippen LogP contribution is -2.41. The molecule has 0 heterocycles. The highest BCUT2D eigenvalue weighted by molar-refractivity contribution is 5.75. The van der Waals surface area contributed by atoms with E-state index in [0.717, 1.165) is 11.3 Å². The first kappa shape index (κ1) is 17.4. The number of nitrogens with one attached hydrogen (secondary N) is 1. The lowest BCUT2D eigenvalue weighted by atomic mass is 10.2. The number of carbonyl (C=O) groups is 1. The Morgan fingerprint density at radius 1 is 1.38 bits per heavy atom. The summed E-state index contributed by atoms with van der Waals surface area (Å²) in [6, 6.07) is 7.69. The van der Waals surface area contributed by atoms with Crippen molar-refractivity contribution in [3.05, 3.63) is 29.8 Å². The fraction of sp³-hybridized carbons (Fsp3) is 0.533. The van der Waals surface area contributed by atoms with E-state index in [1.54, 1.807) is 0 Å². The molecule has 0 saturated carbocycles. The molecule has 0 aliphatic rings. The summed E-state index contributed by atoms with van der Waals surface area (Å²) in [7, 11) is 0. The summed E-state index contributed by atoms with van der Waals surface area (Å²) in [5.41, 5.74) is 6.00. The molecule has 0 fully saturated rings. The minimum absolute atomic E-state index is 0.206. The van der Waals surface area contributed by atoms with Crippen LogP contribution in [0.2, 0.25) is 0 Å². The van der Waals surface area contributed by atoms with Crippen molar-refractivity contribution in [3.8, 4) is 5.75 Å². The summed E-state index contributed by atoms with van der Waals surface area (Å²) >= 11 is 0. The number of alkyl halides is 2. The summed E-state index contributed by atoms with van der Waals surface area (Å²) in [5, 5.41) is 2.18. The quantitative estimate of drug-likeness (QED) is 0.688. The first-order valence-electron chi connectivity index (χ1n) is 6.97. The molecule has 3 N–H and O–H groups in total. The van der Waals surface area contributed by atoms with Gasteiger partial charge in [-0.25, -0.2) is 8.78 Å². The Kier molecular flexibility index (Phi) is 7.08. The molecular formula is C15H22F2N2O2. The number of rotatable bonds is 9. The van der Waals surface area contributed by atoms with Gasteiger partial charge in [-0.2, -0.15) is 0 Å². The van der Waals surface area contributed by atoms with E-state index < -0.39 is 24.9 Å². The highest BCUT2D eigenvalue weighted by Gasteiger charge is 2.26. The van der Waals surface area contributed by atoms with Crippen LogP contribution in [0.3, 0.4) is 0 Å². The lowest BCUT2D eigenvalue weighted by molar-refractivity contribution is -0.123. The largest absolute Gasteiger partial charge is 0.494 e. The van der Waals surface area contributed by atoms with Crippen LogP contribution in [-0.4, -0.2) is 31.5 Å². The molecule has 0 atom stereocenters. The molecule has 6 heteroatoms. The van der Waals surface area contributed by atoms with E-state index in [1.165, 1.54) is 0 Å². The molecule has 4 nitrogen and oxygen atoms in total. The van der Waals surface area contributed by atoms with Crippen LogP contribution in [0.25, 0.3) is 0 Å². The fourth-order valence-corrected chi connectivity index (χ4v) is 1.67. The maximum absolute atomic E-state index is 12.8. The van der Waals surface area contributed by atoms with Gasteiger partial charge in [0.05, 0.1) is 19.7 Å². The van der Waals surface area contributed by atoms with Crippen LogP contribution in [0.1, 0.15) is 24.8 Å². The van der Waals surface area contributed by atoms with E-state index in [-0.39, 0.29) is 6.42 Å². The van der Waals surface area contributed by atoms with Gasteiger partial charge in [0, 0.05) is 6.42 Å². The molecule has 0 spiro atoms. The van der Waals surface area contributed by atoms with E-state index in [0.29, 0.717) is 19.4 Å². The summed E-state index contributed by atoms with van der Waals surface area (Å²) < 4.78 is 31.2. The van der Waals surface area contributed by atoms with E-state index in [4.69, 9.17) is 10.5 Å².